The monoisotopic (exact) mass is 247 g/mol. The maximum atomic E-state index is 11.0. The minimum absolute atomic E-state index is 0.0435. The highest BCUT2D eigenvalue weighted by Gasteiger charge is 2.19. The highest BCUT2D eigenvalue weighted by atomic mass is 16.4. The van der Waals surface area contributed by atoms with Crippen molar-refractivity contribution in [3.05, 3.63) is 18.0 Å². The van der Waals surface area contributed by atoms with E-state index in [1.54, 1.807) is 6.20 Å². The molecule has 0 unspecified atom stereocenters. The Morgan fingerprint density at radius 3 is 2.83 bits per heavy atom. The number of carboxylic acids is 1. The first kappa shape index (κ1) is 11.0. The minimum Gasteiger partial charge on any atom is -0.476 e. The summed E-state index contributed by atoms with van der Waals surface area (Å²) < 4.78 is 0. The lowest BCUT2D eigenvalue weighted by molar-refractivity contribution is 0.0692. The van der Waals surface area contributed by atoms with Gasteiger partial charge in [0.15, 0.2) is 5.69 Å². The molecule has 0 saturated carbocycles. The third-order valence-electron chi connectivity index (χ3n) is 3.09. The summed E-state index contributed by atoms with van der Waals surface area (Å²) in [4.78, 5) is 17.3. The van der Waals surface area contributed by atoms with Crippen LogP contribution >= 0.6 is 0 Å². The van der Waals surface area contributed by atoms with Gasteiger partial charge in [-0.1, -0.05) is 0 Å². The Kier molecular flexibility index (Phi) is 2.60. The van der Waals surface area contributed by atoms with Crippen LogP contribution in [0.25, 0.3) is 11.0 Å². The zero-order valence-corrected chi connectivity index (χ0v) is 9.68. The van der Waals surface area contributed by atoms with Gasteiger partial charge in [0.05, 0.1) is 5.69 Å². The number of hydrogen-bond acceptors (Lipinski definition) is 5. The van der Waals surface area contributed by atoms with E-state index >= 15 is 0 Å². The Hall–Kier alpha value is -2.15. The van der Waals surface area contributed by atoms with Crippen LogP contribution in [0.2, 0.25) is 0 Å². The van der Waals surface area contributed by atoms with Crippen LogP contribution in [-0.4, -0.2) is 52.4 Å². The summed E-state index contributed by atoms with van der Waals surface area (Å²) in [5.41, 5.74) is 2.02. The SMILES string of the molecule is O=C(O)c1[nH]nc2c(N3CCNCC3)ccnc12. The number of nitrogens with one attached hydrogen (secondary N) is 2. The molecule has 2 aromatic heterocycles. The van der Waals surface area contributed by atoms with E-state index in [2.05, 4.69) is 25.4 Å². The van der Waals surface area contributed by atoms with Crippen LogP contribution in [0.1, 0.15) is 10.5 Å². The normalized spacial score (nSPS) is 16.1. The molecule has 1 saturated heterocycles. The number of anilines is 1. The van der Waals surface area contributed by atoms with Gasteiger partial charge in [0.25, 0.3) is 0 Å². The van der Waals surface area contributed by atoms with Crippen molar-refractivity contribution in [3.8, 4) is 0 Å². The van der Waals surface area contributed by atoms with Gasteiger partial charge in [-0.3, -0.25) is 10.1 Å². The molecular weight excluding hydrogens is 234 g/mol. The molecule has 1 fully saturated rings. The van der Waals surface area contributed by atoms with Crippen LogP contribution < -0.4 is 10.2 Å². The van der Waals surface area contributed by atoms with Crippen molar-refractivity contribution in [1.82, 2.24) is 20.5 Å². The molecule has 0 aliphatic carbocycles. The second-order valence-corrected chi connectivity index (χ2v) is 4.17. The fraction of sp³-hybridized carbons (Fsp3) is 0.364. The van der Waals surface area contributed by atoms with Gasteiger partial charge in [-0.15, -0.1) is 0 Å². The number of aromatic carboxylic acids is 1. The maximum absolute atomic E-state index is 11.0. The van der Waals surface area contributed by atoms with Gasteiger partial charge in [0.2, 0.25) is 0 Å². The Balaban J connectivity index is 2.09. The molecule has 7 heteroatoms. The molecule has 2 aromatic rings. The molecule has 94 valence electrons. The zero-order chi connectivity index (χ0) is 12.5. The number of rotatable bonds is 2. The third-order valence-corrected chi connectivity index (χ3v) is 3.09. The van der Waals surface area contributed by atoms with Gasteiger partial charge < -0.3 is 15.3 Å². The van der Waals surface area contributed by atoms with E-state index < -0.39 is 5.97 Å². The fourth-order valence-corrected chi connectivity index (χ4v) is 2.21. The largest absolute Gasteiger partial charge is 0.476 e. The summed E-state index contributed by atoms with van der Waals surface area (Å²) in [5, 5.41) is 18.9. The first-order valence-electron chi connectivity index (χ1n) is 5.79. The molecule has 3 N–H and O–H groups in total. The Bertz CT molecular complexity index is 588. The second kappa shape index (κ2) is 4.26. The van der Waals surface area contributed by atoms with Crippen molar-refractivity contribution in [2.24, 2.45) is 0 Å². The summed E-state index contributed by atoms with van der Waals surface area (Å²) in [6.45, 7) is 3.60. The smallest absolute Gasteiger partial charge is 0.356 e. The summed E-state index contributed by atoms with van der Waals surface area (Å²) >= 11 is 0. The van der Waals surface area contributed by atoms with Crippen molar-refractivity contribution in [1.29, 1.82) is 0 Å². The summed E-state index contributed by atoms with van der Waals surface area (Å²) in [5.74, 6) is -1.04. The van der Waals surface area contributed by atoms with E-state index in [9.17, 15) is 4.79 Å². The summed E-state index contributed by atoms with van der Waals surface area (Å²) in [6.07, 6.45) is 1.63. The van der Waals surface area contributed by atoms with E-state index in [1.165, 1.54) is 0 Å². The van der Waals surface area contributed by atoms with Crippen molar-refractivity contribution in [3.63, 3.8) is 0 Å². The molecule has 3 heterocycles. The average Bonchev–Trinajstić information content (AvgIpc) is 2.83. The van der Waals surface area contributed by atoms with Crippen LogP contribution in [-0.2, 0) is 0 Å². The van der Waals surface area contributed by atoms with E-state index in [-0.39, 0.29) is 5.69 Å². The number of fused-ring (bicyclic) bond motifs is 1. The van der Waals surface area contributed by atoms with Gasteiger partial charge >= 0.3 is 5.97 Å². The maximum Gasteiger partial charge on any atom is 0.356 e. The minimum atomic E-state index is -1.04. The predicted octanol–water partition coefficient (Wildman–Crippen LogP) is 0.0657. The lowest BCUT2D eigenvalue weighted by Gasteiger charge is -2.29. The van der Waals surface area contributed by atoms with E-state index in [4.69, 9.17) is 5.11 Å². The first-order valence-corrected chi connectivity index (χ1v) is 5.79. The van der Waals surface area contributed by atoms with Crippen molar-refractivity contribution < 1.29 is 9.90 Å². The Morgan fingerprint density at radius 2 is 2.11 bits per heavy atom. The van der Waals surface area contributed by atoms with E-state index in [0.29, 0.717) is 11.0 Å². The number of nitrogens with zero attached hydrogens (tertiary/aromatic N) is 3. The summed E-state index contributed by atoms with van der Waals surface area (Å²) in [6, 6.07) is 1.88. The number of aromatic amines is 1. The van der Waals surface area contributed by atoms with Crippen LogP contribution in [0.5, 0.6) is 0 Å². The third kappa shape index (κ3) is 1.68. The fourth-order valence-electron chi connectivity index (χ4n) is 2.21. The molecule has 1 aliphatic heterocycles. The van der Waals surface area contributed by atoms with Gasteiger partial charge in [-0.05, 0) is 6.07 Å². The van der Waals surface area contributed by atoms with Crippen molar-refractivity contribution >= 4 is 22.7 Å². The molecule has 7 nitrogen and oxygen atoms in total. The first-order chi connectivity index (χ1) is 8.77. The van der Waals surface area contributed by atoms with Gasteiger partial charge in [0.1, 0.15) is 11.0 Å². The molecule has 0 atom stereocenters. The number of H-pyrrole nitrogens is 1. The molecule has 0 aromatic carbocycles. The molecule has 0 radical (unpaired) electrons. The van der Waals surface area contributed by atoms with Gasteiger partial charge in [-0.25, -0.2) is 4.79 Å². The lowest BCUT2D eigenvalue weighted by Crippen LogP contribution is -2.43. The number of piperazine rings is 1. The highest BCUT2D eigenvalue weighted by molar-refractivity contribution is 6.02. The predicted molar refractivity (Wildman–Crippen MR) is 65.9 cm³/mol. The lowest BCUT2D eigenvalue weighted by atomic mass is 10.2. The molecule has 3 rings (SSSR count). The number of carbonyl (C=O) groups is 1. The van der Waals surface area contributed by atoms with Crippen LogP contribution in [0.3, 0.4) is 0 Å². The molecule has 0 bridgehead atoms. The van der Waals surface area contributed by atoms with Gasteiger partial charge in [-0.2, -0.15) is 5.10 Å². The Morgan fingerprint density at radius 1 is 1.33 bits per heavy atom. The molecule has 18 heavy (non-hydrogen) atoms. The standard InChI is InChI=1S/C11H13N5O2/c17-11(18)10-9-8(14-15-10)7(1-2-13-9)16-5-3-12-4-6-16/h1-2,12H,3-6H2,(H,14,15)(H,17,18). The van der Waals surface area contributed by atoms with Crippen LogP contribution in [0.4, 0.5) is 5.69 Å². The molecule has 1 aliphatic rings. The molecule has 0 spiro atoms. The van der Waals surface area contributed by atoms with Gasteiger partial charge in [0, 0.05) is 32.4 Å². The number of carboxylic acid groups (broad SMARTS) is 1. The number of pyridine rings is 1. The van der Waals surface area contributed by atoms with E-state index in [0.717, 1.165) is 31.9 Å². The zero-order valence-electron chi connectivity index (χ0n) is 9.68. The molecular formula is C11H13N5O2. The average molecular weight is 247 g/mol. The van der Waals surface area contributed by atoms with Crippen molar-refractivity contribution in [2.75, 3.05) is 31.1 Å². The topological polar surface area (TPSA) is 94.1 Å². The Labute approximate surface area is 103 Å². The quantitative estimate of drug-likeness (QED) is 0.695. The number of hydrogen-bond donors (Lipinski definition) is 3. The molecule has 0 amide bonds. The van der Waals surface area contributed by atoms with Crippen molar-refractivity contribution in [2.45, 2.75) is 0 Å². The second-order valence-electron chi connectivity index (χ2n) is 4.17. The van der Waals surface area contributed by atoms with E-state index in [1.807, 2.05) is 6.07 Å². The number of aromatic nitrogens is 3. The van der Waals surface area contributed by atoms with Crippen LogP contribution in [0.15, 0.2) is 12.3 Å². The summed E-state index contributed by atoms with van der Waals surface area (Å²) in [7, 11) is 0. The highest BCUT2D eigenvalue weighted by Crippen LogP contribution is 2.25. The van der Waals surface area contributed by atoms with Crippen LogP contribution in [0, 0.1) is 0 Å².